The molecule has 150 valence electrons. The smallest absolute Gasteiger partial charge is 0.254 e. The van der Waals surface area contributed by atoms with Crippen LogP contribution in [0.25, 0.3) is 0 Å². The third kappa shape index (κ3) is 3.90. The predicted molar refractivity (Wildman–Crippen MR) is 102 cm³/mol. The molecule has 0 aliphatic carbocycles. The van der Waals surface area contributed by atoms with Crippen LogP contribution in [0.15, 0.2) is 41.3 Å². The highest BCUT2D eigenvalue weighted by molar-refractivity contribution is 7.89. The van der Waals surface area contributed by atoms with Crippen LogP contribution in [0.1, 0.15) is 15.9 Å². The Morgan fingerprint density at radius 1 is 1.14 bits per heavy atom. The normalized spacial score (nSPS) is 13.3. The maximum absolute atomic E-state index is 13.0. The summed E-state index contributed by atoms with van der Waals surface area (Å²) < 4.78 is 43.4. The lowest BCUT2D eigenvalue weighted by Crippen LogP contribution is -2.27. The summed E-state index contributed by atoms with van der Waals surface area (Å²) >= 11 is 0. The molecule has 2 aromatic carbocycles. The highest BCUT2D eigenvalue weighted by atomic mass is 32.2. The number of nitrogens with zero attached hydrogens (tertiary/aromatic N) is 1. The summed E-state index contributed by atoms with van der Waals surface area (Å²) in [5.41, 5.74) is 0.911. The number of carbonyl (C=O) groups is 1. The number of fused-ring (bicyclic) bond motifs is 1. The zero-order valence-electron chi connectivity index (χ0n) is 15.9. The van der Waals surface area contributed by atoms with Gasteiger partial charge in [-0.15, -0.1) is 0 Å². The SMILES string of the molecule is CNC(=O)c1cc(S(=O)(=O)N(C)Cc2ccc3c(c2)OCCO3)ccc1OC. The van der Waals surface area contributed by atoms with Crippen molar-refractivity contribution in [3.05, 3.63) is 47.5 Å². The topological polar surface area (TPSA) is 94.2 Å². The van der Waals surface area contributed by atoms with Gasteiger partial charge in [-0.25, -0.2) is 8.42 Å². The van der Waals surface area contributed by atoms with Gasteiger partial charge in [0.2, 0.25) is 10.0 Å². The summed E-state index contributed by atoms with van der Waals surface area (Å²) in [4.78, 5) is 12.1. The van der Waals surface area contributed by atoms with Crippen LogP contribution in [0, 0.1) is 0 Å². The molecule has 0 spiro atoms. The van der Waals surface area contributed by atoms with E-state index in [0.717, 1.165) is 5.56 Å². The molecule has 1 N–H and O–H groups in total. The number of ether oxygens (including phenoxy) is 3. The van der Waals surface area contributed by atoms with E-state index in [2.05, 4.69) is 5.32 Å². The lowest BCUT2D eigenvalue weighted by Gasteiger charge is -2.21. The highest BCUT2D eigenvalue weighted by Gasteiger charge is 2.24. The van der Waals surface area contributed by atoms with Crippen molar-refractivity contribution in [1.82, 2.24) is 9.62 Å². The van der Waals surface area contributed by atoms with Crippen LogP contribution in [0.5, 0.6) is 17.2 Å². The van der Waals surface area contributed by atoms with Gasteiger partial charge in [0.25, 0.3) is 5.91 Å². The number of benzene rings is 2. The summed E-state index contributed by atoms with van der Waals surface area (Å²) in [7, 11) is 0.550. The molecule has 3 rings (SSSR count). The molecule has 0 atom stereocenters. The Kier molecular flexibility index (Phi) is 5.76. The zero-order valence-corrected chi connectivity index (χ0v) is 16.7. The molecule has 0 saturated carbocycles. The Balaban J connectivity index is 1.87. The van der Waals surface area contributed by atoms with Crippen molar-refractivity contribution in [2.45, 2.75) is 11.4 Å². The molecule has 2 aromatic rings. The van der Waals surface area contributed by atoms with E-state index in [9.17, 15) is 13.2 Å². The number of sulfonamides is 1. The fraction of sp³-hybridized carbons (Fsp3) is 0.316. The van der Waals surface area contributed by atoms with Gasteiger partial charge in [-0.3, -0.25) is 4.79 Å². The number of amides is 1. The second-order valence-corrected chi connectivity index (χ2v) is 8.23. The van der Waals surface area contributed by atoms with E-state index >= 15 is 0 Å². The van der Waals surface area contributed by atoms with E-state index in [1.54, 1.807) is 18.2 Å². The van der Waals surface area contributed by atoms with Crippen molar-refractivity contribution in [3.8, 4) is 17.2 Å². The van der Waals surface area contributed by atoms with E-state index in [1.807, 2.05) is 0 Å². The number of methoxy groups -OCH3 is 1. The fourth-order valence-electron chi connectivity index (χ4n) is 2.87. The Labute approximate surface area is 164 Å². The minimum Gasteiger partial charge on any atom is -0.496 e. The number of rotatable bonds is 6. The molecule has 28 heavy (non-hydrogen) atoms. The zero-order chi connectivity index (χ0) is 20.3. The van der Waals surface area contributed by atoms with Crippen molar-refractivity contribution in [2.75, 3.05) is 34.4 Å². The van der Waals surface area contributed by atoms with Gasteiger partial charge >= 0.3 is 0 Å². The average molecular weight is 406 g/mol. The Morgan fingerprint density at radius 2 is 1.86 bits per heavy atom. The van der Waals surface area contributed by atoms with E-state index < -0.39 is 15.9 Å². The molecule has 1 amide bonds. The summed E-state index contributed by atoms with van der Waals surface area (Å²) in [5, 5.41) is 2.48. The van der Waals surface area contributed by atoms with E-state index in [4.69, 9.17) is 14.2 Å². The summed E-state index contributed by atoms with van der Waals surface area (Å²) in [6.07, 6.45) is 0. The monoisotopic (exact) mass is 406 g/mol. The second-order valence-electron chi connectivity index (χ2n) is 6.18. The molecular formula is C19H22N2O6S. The maximum Gasteiger partial charge on any atom is 0.254 e. The second kappa shape index (κ2) is 8.07. The van der Waals surface area contributed by atoms with Crippen molar-refractivity contribution in [3.63, 3.8) is 0 Å². The van der Waals surface area contributed by atoms with Crippen LogP contribution in [0.2, 0.25) is 0 Å². The van der Waals surface area contributed by atoms with Gasteiger partial charge in [-0.2, -0.15) is 4.31 Å². The van der Waals surface area contributed by atoms with E-state index in [0.29, 0.717) is 30.5 Å². The van der Waals surface area contributed by atoms with Crippen molar-refractivity contribution in [2.24, 2.45) is 0 Å². The first-order valence-electron chi connectivity index (χ1n) is 8.62. The molecule has 1 aliphatic rings. The van der Waals surface area contributed by atoms with Gasteiger partial charge in [0.15, 0.2) is 11.5 Å². The molecule has 9 heteroatoms. The molecular weight excluding hydrogens is 384 g/mol. The number of hydrogen-bond acceptors (Lipinski definition) is 6. The minimum absolute atomic E-state index is 0.00643. The molecule has 1 heterocycles. The summed E-state index contributed by atoms with van der Waals surface area (Å²) in [5.74, 6) is 1.11. The molecule has 0 fully saturated rings. The van der Waals surface area contributed by atoms with Gasteiger partial charge in [-0.05, 0) is 35.9 Å². The maximum atomic E-state index is 13.0. The molecule has 0 radical (unpaired) electrons. The van der Waals surface area contributed by atoms with E-state index in [1.165, 1.54) is 43.7 Å². The first-order valence-corrected chi connectivity index (χ1v) is 10.1. The standard InChI is InChI=1S/C19H22N2O6S/c1-20-19(22)15-11-14(5-7-16(15)25-3)28(23,24)21(2)12-13-4-6-17-18(10-13)27-9-8-26-17/h4-7,10-11H,8-9,12H2,1-3H3,(H,20,22). The van der Waals surface area contributed by atoms with Gasteiger partial charge in [0.1, 0.15) is 19.0 Å². The minimum atomic E-state index is -3.82. The number of nitrogens with one attached hydrogen (secondary N) is 1. The molecule has 0 bridgehead atoms. The summed E-state index contributed by atoms with van der Waals surface area (Å²) in [6, 6.07) is 9.53. The third-order valence-electron chi connectivity index (χ3n) is 4.36. The Morgan fingerprint density at radius 3 is 2.54 bits per heavy atom. The van der Waals surface area contributed by atoms with Crippen LogP contribution in [-0.4, -0.2) is 53.0 Å². The number of carbonyl (C=O) groups excluding carboxylic acids is 1. The third-order valence-corrected chi connectivity index (χ3v) is 6.16. The van der Waals surface area contributed by atoms with Crippen LogP contribution in [0.4, 0.5) is 0 Å². The van der Waals surface area contributed by atoms with Crippen LogP contribution in [0.3, 0.4) is 0 Å². The summed E-state index contributed by atoms with van der Waals surface area (Å²) in [6.45, 7) is 1.09. The van der Waals surface area contributed by atoms with Crippen molar-refractivity contribution in [1.29, 1.82) is 0 Å². The Bertz CT molecular complexity index is 990. The molecule has 0 aromatic heterocycles. The van der Waals surface area contributed by atoms with Gasteiger partial charge in [-0.1, -0.05) is 6.07 Å². The van der Waals surface area contributed by atoms with Gasteiger partial charge in [0.05, 0.1) is 17.6 Å². The first kappa shape index (κ1) is 20.0. The van der Waals surface area contributed by atoms with Crippen LogP contribution in [-0.2, 0) is 16.6 Å². The largest absolute Gasteiger partial charge is 0.496 e. The lowest BCUT2D eigenvalue weighted by atomic mass is 10.2. The van der Waals surface area contributed by atoms with Crippen molar-refractivity contribution < 1.29 is 27.4 Å². The molecule has 0 saturated heterocycles. The molecule has 1 aliphatic heterocycles. The number of hydrogen-bond donors (Lipinski definition) is 1. The Hall–Kier alpha value is -2.78. The van der Waals surface area contributed by atoms with E-state index in [-0.39, 0.29) is 17.0 Å². The van der Waals surface area contributed by atoms with Gasteiger partial charge < -0.3 is 19.5 Å². The van der Waals surface area contributed by atoms with Crippen LogP contribution >= 0.6 is 0 Å². The highest BCUT2D eigenvalue weighted by Crippen LogP contribution is 2.32. The molecule has 8 nitrogen and oxygen atoms in total. The van der Waals surface area contributed by atoms with Gasteiger partial charge in [0, 0.05) is 20.6 Å². The molecule has 0 unspecified atom stereocenters. The fourth-order valence-corrected chi connectivity index (χ4v) is 4.05. The predicted octanol–water partition coefficient (Wildman–Crippen LogP) is 1.65. The average Bonchev–Trinajstić information content (AvgIpc) is 2.72. The quantitative estimate of drug-likeness (QED) is 0.784. The van der Waals surface area contributed by atoms with Crippen LogP contribution < -0.4 is 19.5 Å². The first-order chi connectivity index (χ1) is 13.4. The lowest BCUT2D eigenvalue weighted by molar-refractivity contribution is 0.0960. The van der Waals surface area contributed by atoms with Crippen molar-refractivity contribution >= 4 is 15.9 Å².